The van der Waals surface area contributed by atoms with Crippen LogP contribution < -0.4 is 5.73 Å². The number of amides is 1. The number of allylic oxidation sites excluding steroid dienone is 2. The van der Waals surface area contributed by atoms with Crippen molar-refractivity contribution >= 4 is 5.91 Å². The molecule has 0 fully saturated rings. The predicted octanol–water partition coefficient (Wildman–Crippen LogP) is 5.75. The predicted molar refractivity (Wildman–Crippen MR) is 108 cm³/mol. The van der Waals surface area contributed by atoms with Crippen LogP contribution in [0.5, 0.6) is 0 Å². The van der Waals surface area contributed by atoms with Crippen molar-refractivity contribution in [1.82, 2.24) is 0 Å². The number of carbonyl (C=O) groups is 1. The average Bonchev–Trinajstić information content (AvgIpc) is 2.60. The third-order valence-corrected chi connectivity index (χ3v) is 5.12. The summed E-state index contributed by atoms with van der Waals surface area (Å²) in [5, 5.41) is 9.55. The van der Waals surface area contributed by atoms with E-state index >= 15 is 0 Å². The standard InChI is InChI=1S/C22H43NO2/c1-3-5-7-8-9-10-11-12-13-14-15-16-18-21(22(23)25)20(19-24)17-6-4-2/h10-11,20-21,24H,3-9,12-19H2,1-2H3,(H2,23,25). The van der Waals surface area contributed by atoms with Gasteiger partial charge in [0.2, 0.25) is 5.91 Å². The molecule has 0 rings (SSSR count). The van der Waals surface area contributed by atoms with Crippen LogP contribution in [0.3, 0.4) is 0 Å². The highest BCUT2D eigenvalue weighted by atomic mass is 16.3. The van der Waals surface area contributed by atoms with Gasteiger partial charge in [0.25, 0.3) is 0 Å². The van der Waals surface area contributed by atoms with Gasteiger partial charge < -0.3 is 10.8 Å². The molecule has 0 aliphatic carbocycles. The van der Waals surface area contributed by atoms with Crippen molar-refractivity contribution in [3.63, 3.8) is 0 Å². The minimum absolute atomic E-state index is 0.0492. The van der Waals surface area contributed by atoms with E-state index in [9.17, 15) is 9.90 Å². The second-order valence-corrected chi connectivity index (χ2v) is 7.41. The molecule has 3 nitrogen and oxygen atoms in total. The molecule has 0 aliphatic heterocycles. The molecule has 1 amide bonds. The van der Waals surface area contributed by atoms with E-state index in [1.54, 1.807) is 0 Å². The smallest absolute Gasteiger partial charge is 0.220 e. The lowest BCUT2D eigenvalue weighted by molar-refractivity contribution is -0.124. The number of hydrogen-bond acceptors (Lipinski definition) is 2. The number of nitrogens with two attached hydrogens (primary N) is 1. The highest BCUT2D eigenvalue weighted by molar-refractivity contribution is 5.76. The van der Waals surface area contributed by atoms with Crippen molar-refractivity contribution in [3.8, 4) is 0 Å². The topological polar surface area (TPSA) is 63.3 Å². The van der Waals surface area contributed by atoms with Crippen LogP contribution in [-0.2, 0) is 4.79 Å². The summed E-state index contributed by atoms with van der Waals surface area (Å²) in [6.07, 6.45) is 20.9. The molecule has 0 heterocycles. The monoisotopic (exact) mass is 353 g/mol. The van der Waals surface area contributed by atoms with Gasteiger partial charge in [-0.15, -0.1) is 0 Å². The number of aliphatic hydroxyl groups excluding tert-OH is 1. The Labute approximate surface area is 156 Å². The van der Waals surface area contributed by atoms with Gasteiger partial charge in [0.05, 0.1) is 0 Å². The molecule has 2 unspecified atom stereocenters. The third-order valence-electron chi connectivity index (χ3n) is 5.12. The summed E-state index contributed by atoms with van der Waals surface area (Å²) in [6, 6.07) is 0. The second kappa shape index (κ2) is 18.0. The second-order valence-electron chi connectivity index (χ2n) is 7.41. The maximum Gasteiger partial charge on any atom is 0.220 e. The Morgan fingerprint density at radius 2 is 1.40 bits per heavy atom. The van der Waals surface area contributed by atoms with Crippen molar-refractivity contribution in [2.75, 3.05) is 6.61 Å². The Morgan fingerprint density at radius 3 is 1.92 bits per heavy atom. The zero-order valence-electron chi connectivity index (χ0n) is 16.8. The number of carbonyl (C=O) groups excluding carboxylic acids is 1. The van der Waals surface area contributed by atoms with Crippen molar-refractivity contribution in [3.05, 3.63) is 12.2 Å². The van der Waals surface area contributed by atoms with E-state index < -0.39 is 0 Å². The van der Waals surface area contributed by atoms with Gasteiger partial charge in [0.15, 0.2) is 0 Å². The van der Waals surface area contributed by atoms with Crippen molar-refractivity contribution < 1.29 is 9.90 Å². The SMILES string of the molecule is CCCCCCC=CCCCCCCC(C(N)=O)C(CO)CCCC. The van der Waals surface area contributed by atoms with Crippen LogP contribution in [-0.4, -0.2) is 17.6 Å². The van der Waals surface area contributed by atoms with E-state index in [1.807, 2.05) is 0 Å². The van der Waals surface area contributed by atoms with Gasteiger partial charge in [-0.3, -0.25) is 4.79 Å². The Morgan fingerprint density at radius 1 is 0.840 bits per heavy atom. The van der Waals surface area contributed by atoms with E-state index in [1.165, 1.54) is 51.4 Å². The molecule has 0 spiro atoms. The van der Waals surface area contributed by atoms with E-state index in [0.717, 1.165) is 38.5 Å². The summed E-state index contributed by atoms with van der Waals surface area (Å²) < 4.78 is 0. The number of aliphatic hydroxyl groups is 1. The molecule has 3 heteroatoms. The molecule has 148 valence electrons. The highest BCUT2D eigenvalue weighted by Crippen LogP contribution is 2.24. The zero-order chi connectivity index (χ0) is 18.8. The lowest BCUT2D eigenvalue weighted by Gasteiger charge is -2.22. The van der Waals surface area contributed by atoms with Crippen molar-refractivity contribution in [2.24, 2.45) is 17.6 Å². The van der Waals surface area contributed by atoms with Crippen LogP contribution in [0.4, 0.5) is 0 Å². The van der Waals surface area contributed by atoms with Crippen LogP contribution in [0, 0.1) is 11.8 Å². The maximum atomic E-state index is 11.7. The Bertz CT molecular complexity index is 328. The van der Waals surface area contributed by atoms with Gasteiger partial charge in [0, 0.05) is 12.5 Å². The molecular formula is C22H43NO2. The Balaban J connectivity index is 3.75. The van der Waals surface area contributed by atoms with Crippen molar-refractivity contribution in [1.29, 1.82) is 0 Å². The van der Waals surface area contributed by atoms with E-state index in [2.05, 4.69) is 26.0 Å². The van der Waals surface area contributed by atoms with Gasteiger partial charge in [-0.25, -0.2) is 0 Å². The fourth-order valence-corrected chi connectivity index (χ4v) is 3.40. The summed E-state index contributed by atoms with van der Waals surface area (Å²) in [5.74, 6) is -0.339. The van der Waals surface area contributed by atoms with E-state index in [0.29, 0.717) is 0 Å². The fraction of sp³-hybridized carbons (Fsp3) is 0.864. The van der Waals surface area contributed by atoms with Crippen LogP contribution >= 0.6 is 0 Å². The van der Waals surface area contributed by atoms with Crippen LogP contribution in [0.15, 0.2) is 12.2 Å². The normalized spacial score (nSPS) is 14.0. The van der Waals surface area contributed by atoms with Crippen LogP contribution in [0.25, 0.3) is 0 Å². The summed E-state index contributed by atoms with van der Waals surface area (Å²) in [5.41, 5.74) is 5.56. The highest BCUT2D eigenvalue weighted by Gasteiger charge is 2.24. The molecule has 25 heavy (non-hydrogen) atoms. The summed E-state index contributed by atoms with van der Waals surface area (Å²) in [4.78, 5) is 11.7. The Kier molecular flexibility index (Phi) is 17.4. The van der Waals surface area contributed by atoms with Gasteiger partial charge in [-0.1, -0.05) is 77.4 Å². The van der Waals surface area contributed by atoms with Crippen molar-refractivity contribution in [2.45, 2.75) is 104 Å². The lowest BCUT2D eigenvalue weighted by atomic mass is 9.84. The van der Waals surface area contributed by atoms with Gasteiger partial charge in [-0.2, -0.15) is 0 Å². The molecule has 0 saturated carbocycles. The maximum absolute atomic E-state index is 11.7. The van der Waals surface area contributed by atoms with Gasteiger partial charge >= 0.3 is 0 Å². The first kappa shape index (κ1) is 24.2. The first-order valence-electron chi connectivity index (χ1n) is 10.7. The molecule has 0 saturated heterocycles. The van der Waals surface area contributed by atoms with E-state index in [-0.39, 0.29) is 24.3 Å². The largest absolute Gasteiger partial charge is 0.396 e. The summed E-state index contributed by atoms with van der Waals surface area (Å²) in [7, 11) is 0. The lowest BCUT2D eigenvalue weighted by Crippen LogP contribution is -2.32. The molecule has 3 N–H and O–H groups in total. The number of hydrogen-bond donors (Lipinski definition) is 2. The molecular weight excluding hydrogens is 310 g/mol. The molecule has 2 atom stereocenters. The molecule has 0 aromatic rings. The van der Waals surface area contributed by atoms with Crippen LogP contribution in [0.1, 0.15) is 104 Å². The zero-order valence-corrected chi connectivity index (χ0v) is 16.8. The summed E-state index contributed by atoms with van der Waals surface area (Å²) in [6.45, 7) is 4.46. The summed E-state index contributed by atoms with van der Waals surface area (Å²) >= 11 is 0. The molecule has 0 aromatic carbocycles. The number of unbranched alkanes of at least 4 members (excludes halogenated alkanes) is 9. The average molecular weight is 354 g/mol. The van der Waals surface area contributed by atoms with Crippen LogP contribution in [0.2, 0.25) is 0 Å². The first-order chi connectivity index (χ1) is 12.2. The Hall–Kier alpha value is -0.830. The van der Waals surface area contributed by atoms with Gasteiger partial charge in [0.1, 0.15) is 0 Å². The minimum atomic E-state index is -0.235. The fourth-order valence-electron chi connectivity index (χ4n) is 3.40. The number of primary amides is 1. The minimum Gasteiger partial charge on any atom is -0.396 e. The molecule has 0 aromatic heterocycles. The molecule has 0 radical (unpaired) electrons. The van der Waals surface area contributed by atoms with Gasteiger partial charge in [-0.05, 0) is 44.4 Å². The first-order valence-corrected chi connectivity index (χ1v) is 10.7. The molecule has 0 aliphatic rings. The number of rotatable bonds is 18. The van der Waals surface area contributed by atoms with E-state index in [4.69, 9.17) is 5.73 Å². The quantitative estimate of drug-likeness (QED) is 0.243. The third kappa shape index (κ3) is 14.1. The molecule has 0 bridgehead atoms.